The molecule has 0 aliphatic rings. The Morgan fingerprint density at radius 3 is 1.09 bits per heavy atom. The van der Waals surface area contributed by atoms with Crippen LogP contribution in [0.25, 0.3) is 0 Å². The van der Waals surface area contributed by atoms with Crippen molar-refractivity contribution in [2.75, 3.05) is 0 Å². The zero-order valence-corrected chi connectivity index (χ0v) is 35.7. The van der Waals surface area contributed by atoms with E-state index in [1.807, 2.05) is 0 Å². The summed E-state index contributed by atoms with van der Waals surface area (Å²) in [5.41, 5.74) is 0.664. The van der Waals surface area contributed by atoms with Crippen LogP contribution in [0.15, 0.2) is 29.2 Å². The van der Waals surface area contributed by atoms with Crippen molar-refractivity contribution in [1.29, 1.82) is 0 Å². The van der Waals surface area contributed by atoms with E-state index in [9.17, 15) is 13.0 Å². The Hall–Kier alpha value is -0.0713. The summed E-state index contributed by atoms with van der Waals surface area (Å²) in [6.07, 6.45) is 40.1. The van der Waals surface area contributed by atoms with Crippen LogP contribution in [0.3, 0.4) is 0 Å². The first-order chi connectivity index (χ1) is 22.9. The average Bonchev–Trinajstić information content (AvgIpc) is 3.06. The molecule has 0 fully saturated rings. The predicted octanol–water partition coefficient (Wildman–Crippen LogP) is 14.6. The first-order valence-electron chi connectivity index (χ1n) is 20.8. The molecule has 1 aromatic rings. The Bertz CT molecular complexity index is 834. The fourth-order valence-corrected chi connectivity index (χ4v) is 15.9. The van der Waals surface area contributed by atoms with Crippen molar-refractivity contribution in [3.8, 4) is 0 Å². The van der Waals surface area contributed by atoms with E-state index >= 15 is 0 Å². The third-order valence-electron chi connectivity index (χ3n) is 9.69. The van der Waals surface area contributed by atoms with Gasteiger partial charge in [-0.2, -0.15) is 0 Å². The first-order valence-corrected chi connectivity index (χ1v) is 28.2. The summed E-state index contributed by atoms with van der Waals surface area (Å²) >= 11 is -1.02. The monoisotopic (exact) mass is 784 g/mol. The van der Waals surface area contributed by atoms with Crippen LogP contribution in [0.2, 0.25) is 13.3 Å². The molecule has 47 heavy (non-hydrogen) atoms. The molecular formula is C42H80O3SSn. The Balaban J connectivity index is 0.000000907. The van der Waals surface area contributed by atoms with Crippen LogP contribution in [-0.4, -0.2) is 32.7 Å². The van der Waals surface area contributed by atoms with Gasteiger partial charge in [-0.25, -0.2) is 8.42 Å². The molecule has 0 radical (unpaired) electrons. The van der Waals surface area contributed by atoms with Crippen molar-refractivity contribution in [1.82, 2.24) is 0 Å². The minimum absolute atomic E-state index is 0.0501. The van der Waals surface area contributed by atoms with Crippen LogP contribution < -0.4 is 0 Å². The van der Waals surface area contributed by atoms with Gasteiger partial charge >= 0.3 is 169 Å². The van der Waals surface area contributed by atoms with Gasteiger partial charge in [0.05, 0.1) is 4.90 Å². The van der Waals surface area contributed by atoms with Gasteiger partial charge in [-0.3, -0.25) is 0 Å². The number of benzene rings is 1. The van der Waals surface area contributed by atoms with Crippen LogP contribution in [0, 0.1) is 0 Å². The van der Waals surface area contributed by atoms with Gasteiger partial charge in [0, 0.05) is 0 Å². The molecule has 0 spiro atoms. The summed E-state index contributed by atoms with van der Waals surface area (Å²) in [4.78, 5) is -0.0501. The van der Waals surface area contributed by atoms with E-state index in [1.165, 1.54) is 154 Å². The zero-order chi connectivity index (χ0) is 34.7. The molecule has 0 unspecified atom stereocenters. The molecule has 0 saturated carbocycles. The maximum atomic E-state index is 11.2. The summed E-state index contributed by atoms with van der Waals surface area (Å²) in [5.74, 6) is 0. The summed E-state index contributed by atoms with van der Waals surface area (Å²) in [6, 6.07) is 6.56. The third kappa shape index (κ3) is 31.6. The van der Waals surface area contributed by atoms with Gasteiger partial charge in [-0.15, -0.1) is 0 Å². The molecule has 1 rings (SSSR count). The summed E-state index contributed by atoms with van der Waals surface area (Å²) in [6.45, 7) is 9.21. The Kier molecular flexibility index (Phi) is 35.7. The van der Waals surface area contributed by atoms with Crippen LogP contribution in [0.5, 0.6) is 0 Å². The molecule has 0 heterocycles. The van der Waals surface area contributed by atoms with Crippen molar-refractivity contribution >= 4 is 29.9 Å². The molecule has 0 aliphatic carbocycles. The molecule has 3 nitrogen and oxygen atoms in total. The maximum absolute atomic E-state index is 11.2. The third-order valence-corrected chi connectivity index (χ3v) is 19.7. The number of unbranched alkanes of at least 4 members (excludes halogenated alkanes) is 24. The van der Waals surface area contributed by atoms with Gasteiger partial charge in [0.15, 0.2) is 0 Å². The zero-order valence-electron chi connectivity index (χ0n) is 32.1. The number of hydrogen-bond donors (Lipinski definition) is 0. The molecule has 0 aliphatic heterocycles. The minimum atomic E-state index is -4.35. The summed E-state index contributed by atoms with van der Waals surface area (Å²) < 4.78 is 38.7. The van der Waals surface area contributed by atoms with E-state index in [0.29, 0.717) is 12.0 Å². The molecule has 0 saturated heterocycles. The van der Waals surface area contributed by atoms with Crippen molar-refractivity contribution < 1.29 is 13.0 Å². The Morgan fingerprint density at radius 2 is 0.745 bits per heavy atom. The average molecular weight is 784 g/mol. The second-order valence-electron chi connectivity index (χ2n) is 14.3. The molecule has 5 heteroatoms. The van der Waals surface area contributed by atoms with Crippen molar-refractivity contribution in [2.45, 2.75) is 232 Å². The second kappa shape index (κ2) is 35.7. The van der Waals surface area contributed by atoms with E-state index in [-0.39, 0.29) is 4.90 Å². The molecule has 0 amide bonds. The van der Waals surface area contributed by atoms with Crippen LogP contribution in [0.1, 0.15) is 213 Å². The topological polar surface area (TPSA) is 57.2 Å². The van der Waals surface area contributed by atoms with Gasteiger partial charge in [0.25, 0.3) is 0 Å². The van der Waals surface area contributed by atoms with E-state index in [4.69, 9.17) is 0 Å². The van der Waals surface area contributed by atoms with Crippen LogP contribution in [-0.2, 0) is 16.5 Å². The number of aryl methyl sites for hydroxylation is 1. The van der Waals surface area contributed by atoms with Crippen LogP contribution >= 0.6 is 0 Å². The molecule has 276 valence electrons. The van der Waals surface area contributed by atoms with Crippen molar-refractivity contribution in [3.63, 3.8) is 0 Å². The van der Waals surface area contributed by atoms with Gasteiger partial charge in [0.1, 0.15) is 10.1 Å². The fourth-order valence-electron chi connectivity index (χ4n) is 6.60. The standard InChI is InChI=1S/C18H30O3S.3C8H17.Sn/c1-2-3-4-5-6-7-8-9-10-11-14-17-15-12-13-16-18(17)22(19,20)21;3*1-3-5-7-8-6-4-2;/h12-13,15-16H,2-11,14H2,1H3,(H,19,20,21);3*1,3-8H2,2H3;/q;;;;+1/p-1. The predicted molar refractivity (Wildman–Crippen MR) is 210 cm³/mol. The molecule has 0 bridgehead atoms. The molecular weight excluding hydrogens is 703 g/mol. The summed E-state index contributed by atoms with van der Waals surface area (Å²) in [5, 5.41) is 0. The van der Waals surface area contributed by atoms with Gasteiger partial charge in [-0.05, 0) is 24.5 Å². The molecule has 0 aromatic heterocycles. The van der Waals surface area contributed by atoms with Gasteiger partial charge in [-0.1, -0.05) is 82.9 Å². The Labute approximate surface area is 303 Å². The molecule has 0 N–H and O–H groups in total. The van der Waals surface area contributed by atoms with E-state index in [1.54, 1.807) is 50.8 Å². The summed E-state index contributed by atoms with van der Waals surface area (Å²) in [7, 11) is -4.35. The SMILES string of the molecule is CCCCCCCCCCCCc1ccccc1S(=O)(=O)[O-].CCCCCCC[CH2][Sn+]([CH2]CCCCCCC)[CH2]CCCCCCC. The quantitative estimate of drug-likeness (QED) is 0.0405. The number of hydrogen-bond acceptors (Lipinski definition) is 3. The van der Waals surface area contributed by atoms with E-state index < -0.39 is 29.9 Å². The first kappa shape index (κ1) is 46.9. The van der Waals surface area contributed by atoms with E-state index in [2.05, 4.69) is 27.7 Å². The Morgan fingerprint density at radius 1 is 0.447 bits per heavy atom. The van der Waals surface area contributed by atoms with Crippen molar-refractivity contribution in [2.24, 2.45) is 0 Å². The fraction of sp³-hybridized carbons (Fsp3) is 0.857. The number of rotatable bonds is 33. The van der Waals surface area contributed by atoms with Crippen molar-refractivity contribution in [3.05, 3.63) is 29.8 Å². The molecule has 1 aromatic carbocycles. The van der Waals surface area contributed by atoms with E-state index in [0.717, 1.165) is 12.8 Å². The molecule has 0 atom stereocenters. The van der Waals surface area contributed by atoms with Gasteiger partial charge in [0.2, 0.25) is 0 Å². The normalized spacial score (nSPS) is 11.4. The van der Waals surface area contributed by atoms with Gasteiger partial charge < -0.3 is 4.55 Å². The second-order valence-corrected chi connectivity index (χ2v) is 24.2. The van der Waals surface area contributed by atoms with Crippen LogP contribution in [0.4, 0.5) is 0 Å².